The van der Waals surface area contributed by atoms with Crippen LogP contribution >= 0.6 is 11.6 Å². The molecule has 0 unspecified atom stereocenters. The molecule has 1 atom stereocenters. The number of hydrogen-bond acceptors (Lipinski definition) is 3. The van der Waals surface area contributed by atoms with Gasteiger partial charge in [-0.1, -0.05) is 35.7 Å². The SMILES string of the molecule is CC#CC(=O)N1CC[C@](Nc2ccc3c(c2)N(C)C(=O)C3(C)C)(c2cccc(Cl)c2C)C1. The minimum atomic E-state index is -0.542. The Balaban J connectivity index is 1.76. The molecular weight excluding hydrogens is 422 g/mol. The van der Waals surface area contributed by atoms with E-state index in [1.165, 1.54) is 0 Å². The van der Waals surface area contributed by atoms with Crippen LogP contribution in [-0.2, 0) is 20.5 Å². The van der Waals surface area contributed by atoms with Crippen LogP contribution in [0.5, 0.6) is 0 Å². The summed E-state index contributed by atoms with van der Waals surface area (Å²) in [7, 11) is 1.82. The monoisotopic (exact) mass is 449 g/mol. The predicted molar refractivity (Wildman–Crippen MR) is 129 cm³/mol. The molecule has 2 aromatic carbocycles. The molecule has 0 aliphatic carbocycles. The molecule has 5 nitrogen and oxygen atoms in total. The fourth-order valence-electron chi connectivity index (χ4n) is 5.02. The molecule has 0 aromatic heterocycles. The van der Waals surface area contributed by atoms with Gasteiger partial charge in [-0.15, -0.1) is 0 Å². The van der Waals surface area contributed by atoms with Gasteiger partial charge in [-0.25, -0.2) is 0 Å². The predicted octanol–water partition coefficient (Wildman–Crippen LogP) is 4.47. The molecule has 0 bridgehead atoms. The van der Waals surface area contributed by atoms with Gasteiger partial charge in [0.1, 0.15) is 0 Å². The van der Waals surface area contributed by atoms with Crippen LogP contribution in [0.15, 0.2) is 36.4 Å². The number of likely N-dealkylation sites (tertiary alicyclic amines) is 1. The third-order valence-corrected chi connectivity index (χ3v) is 7.24. The highest BCUT2D eigenvalue weighted by atomic mass is 35.5. The molecule has 0 radical (unpaired) electrons. The van der Waals surface area contributed by atoms with Crippen LogP contribution in [0.25, 0.3) is 0 Å². The number of halogens is 1. The first-order valence-corrected chi connectivity index (χ1v) is 11.2. The molecule has 2 heterocycles. The van der Waals surface area contributed by atoms with Gasteiger partial charge in [-0.05, 0) is 74.9 Å². The zero-order valence-corrected chi connectivity index (χ0v) is 19.9. The molecule has 2 aliphatic heterocycles. The average molecular weight is 450 g/mol. The molecule has 6 heteroatoms. The van der Waals surface area contributed by atoms with Crippen LogP contribution in [0.3, 0.4) is 0 Å². The first-order valence-electron chi connectivity index (χ1n) is 10.8. The lowest BCUT2D eigenvalue weighted by Gasteiger charge is -2.34. The highest BCUT2D eigenvalue weighted by Crippen LogP contribution is 2.44. The van der Waals surface area contributed by atoms with Crippen molar-refractivity contribution in [3.63, 3.8) is 0 Å². The number of nitrogens with zero attached hydrogens (tertiary/aromatic N) is 2. The van der Waals surface area contributed by atoms with Gasteiger partial charge in [-0.3, -0.25) is 9.59 Å². The third-order valence-electron chi connectivity index (χ3n) is 6.83. The molecular formula is C26H28ClN3O2. The lowest BCUT2D eigenvalue weighted by Crippen LogP contribution is -2.40. The maximum absolute atomic E-state index is 12.7. The minimum absolute atomic E-state index is 0.0841. The van der Waals surface area contributed by atoms with Gasteiger partial charge in [0.15, 0.2) is 0 Å². The normalized spacial score (nSPS) is 21.2. The van der Waals surface area contributed by atoms with Crippen molar-refractivity contribution >= 4 is 34.8 Å². The standard InChI is InChI=1S/C26H28ClN3O2/c1-6-8-23(31)30-14-13-26(16-30,19-9-7-10-21(27)17(19)2)28-18-11-12-20-22(15-18)29(5)24(32)25(20,3)4/h7,9-12,15,28H,13-14,16H2,1-5H3/t26-/m1/s1. The maximum Gasteiger partial charge on any atom is 0.298 e. The molecule has 2 aromatic rings. The number of benzene rings is 2. The van der Waals surface area contributed by atoms with E-state index in [-0.39, 0.29) is 11.8 Å². The molecule has 1 fully saturated rings. The van der Waals surface area contributed by atoms with E-state index in [4.69, 9.17) is 11.6 Å². The second-order valence-corrected chi connectivity index (χ2v) is 9.60. The maximum atomic E-state index is 12.7. The number of fused-ring (bicyclic) bond motifs is 1. The highest BCUT2D eigenvalue weighted by molar-refractivity contribution is 6.31. The van der Waals surface area contributed by atoms with Gasteiger partial charge in [-0.2, -0.15) is 0 Å². The van der Waals surface area contributed by atoms with Crippen molar-refractivity contribution in [3.8, 4) is 11.8 Å². The van der Waals surface area contributed by atoms with Crippen LogP contribution in [0, 0.1) is 18.8 Å². The number of carbonyl (C=O) groups is 2. The van der Waals surface area contributed by atoms with E-state index in [0.29, 0.717) is 18.1 Å². The van der Waals surface area contributed by atoms with Crippen molar-refractivity contribution in [1.82, 2.24) is 4.90 Å². The summed E-state index contributed by atoms with van der Waals surface area (Å²) in [5.74, 6) is 5.28. The molecule has 4 rings (SSSR count). The van der Waals surface area contributed by atoms with Gasteiger partial charge < -0.3 is 15.1 Å². The molecule has 166 valence electrons. The third kappa shape index (κ3) is 3.43. The summed E-state index contributed by atoms with van der Waals surface area (Å²) in [6.07, 6.45) is 0.725. The minimum Gasteiger partial charge on any atom is -0.374 e. The Morgan fingerprint density at radius 3 is 2.66 bits per heavy atom. The van der Waals surface area contributed by atoms with E-state index in [1.54, 1.807) is 16.7 Å². The van der Waals surface area contributed by atoms with Crippen molar-refractivity contribution in [2.45, 2.75) is 45.1 Å². The Kier molecular flexibility index (Phi) is 5.46. The molecule has 2 aliphatic rings. The van der Waals surface area contributed by atoms with E-state index < -0.39 is 11.0 Å². The fourth-order valence-corrected chi connectivity index (χ4v) is 5.19. The molecule has 0 saturated carbocycles. The highest BCUT2D eigenvalue weighted by Gasteiger charge is 2.44. The van der Waals surface area contributed by atoms with Crippen LogP contribution in [0.1, 0.15) is 43.9 Å². The van der Waals surface area contributed by atoms with Crippen molar-refractivity contribution in [2.24, 2.45) is 0 Å². The van der Waals surface area contributed by atoms with Gasteiger partial charge in [0.25, 0.3) is 5.91 Å². The van der Waals surface area contributed by atoms with Gasteiger partial charge in [0, 0.05) is 36.5 Å². The van der Waals surface area contributed by atoms with Gasteiger partial charge >= 0.3 is 0 Å². The number of carbonyl (C=O) groups excluding carboxylic acids is 2. The summed E-state index contributed by atoms with van der Waals surface area (Å²) >= 11 is 6.47. The summed E-state index contributed by atoms with van der Waals surface area (Å²) in [5.41, 5.74) is 3.83. The number of rotatable bonds is 3. The number of nitrogens with one attached hydrogen (secondary N) is 1. The van der Waals surface area contributed by atoms with Crippen molar-refractivity contribution in [3.05, 3.63) is 58.1 Å². The van der Waals surface area contributed by atoms with Crippen LogP contribution in [-0.4, -0.2) is 36.9 Å². The quantitative estimate of drug-likeness (QED) is 0.703. The van der Waals surface area contributed by atoms with E-state index in [1.807, 2.05) is 58.2 Å². The van der Waals surface area contributed by atoms with Crippen molar-refractivity contribution in [2.75, 3.05) is 30.4 Å². The second kappa shape index (κ2) is 7.86. The lowest BCUT2D eigenvalue weighted by atomic mass is 9.84. The Morgan fingerprint density at radius 2 is 1.94 bits per heavy atom. The number of anilines is 2. The Hall–Kier alpha value is -2.97. The van der Waals surface area contributed by atoms with E-state index >= 15 is 0 Å². The first kappa shape index (κ1) is 22.2. The second-order valence-electron chi connectivity index (χ2n) is 9.19. The number of hydrogen-bond donors (Lipinski definition) is 1. The lowest BCUT2D eigenvalue weighted by molar-refractivity contribution is -0.124. The van der Waals surface area contributed by atoms with Gasteiger partial charge in [0.05, 0.1) is 11.0 Å². The first-order chi connectivity index (χ1) is 15.1. The summed E-state index contributed by atoms with van der Waals surface area (Å²) in [5, 5.41) is 4.42. The van der Waals surface area contributed by atoms with E-state index in [0.717, 1.165) is 34.5 Å². The summed E-state index contributed by atoms with van der Waals surface area (Å²) < 4.78 is 0. The Labute approximate surface area is 194 Å². The van der Waals surface area contributed by atoms with E-state index in [9.17, 15) is 9.59 Å². The van der Waals surface area contributed by atoms with Crippen molar-refractivity contribution < 1.29 is 9.59 Å². The van der Waals surface area contributed by atoms with Crippen LogP contribution in [0.2, 0.25) is 5.02 Å². The molecule has 0 spiro atoms. The van der Waals surface area contributed by atoms with Crippen LogP contribution < -0.4 is 10.2 Å². The Morgan fingerprint density at radius 1 is 1.19 bits per heavy atom. The zero-order chi connectivity index (χ0) is 23.3. The average Bonchev–Trinajstić information content (AvgIpc) is 3.25. The number of amides is 2. The smallest absolute Gasteiger partial charge is 0.298 e. The topological polar surface area (TPSA) is 52.7 Å². The largest absolute Gasteiger partial charge is 0.374 e. The Bertz CT molecular complexity index is 1180. The van der Waals surface area contributed by atoms with Gasteiger partial charge in [0.2, 0.25) is 5.91 Å². The van der Waals surface area contributed by atoms with E-state index in [2.05, 4.69) is 23.2 Å². The van der Waals surface area contributed by atoms with Crippen molar-refractivity contribution in [1.29, 1.82) is 0 Å². The zero-order valence-electron chi connectivity index (χ0n) is 19.2. The summed E-state index contributed by atoms with van der Waals surface area (Å²) in [4.78, 5) is 28.8. The summed E-state index contributed by atoms with van der Waals surface area (Å²) in [6, 6.07) is 12.0. The molecule has 1 N–H and O–H groups in total. The number of likely N-dealkylation sites (N-methyl/N-ethyl adjacent to an activating group) is 1. The molecule has 1 saturated heterocycles. The molecule has 32 heavy (non-hydrogen) atoms. The fraction of sp³-hybridized carbons (Fsp3) is 0.385. The molecule has 2 amide bonds. The summed E-state index contributed by atoms with van der Waals surface area (Å²) in [6.45, 7) is 8.68. The van der Waals surface area contributed by atoms with Crippen LogP contribution in [0.4, 0.5) is 11.4 Å².